The molecular formula is C21H20N2O3. The second-order valence-electron chi connectivity index (χ2n) is 6.00. The third-order valence-corrected chi connectivity index (χ3v) is 4.19. The number of ketones is 1. The lowest BCUT2D eigenvalue weighted by Gasteiger charge is -2.17. The number of ether oxygens (including phenoxy) is 2. The van der Waals surface area contributed by atoms with E-state index in [2.05, 4.69) is 11.1 Å². The highest BCUT2D eigenvalue weighted by molar-refractivity contribution is 6.11. The lowest BCUT2D eigenvalue weighted by Crippen LogP contribution is -2.24. The van der Waals surface area contributed by atoms with Gasteiger partial charge in [0, 0.05) is 28.2 Å². The summed E-state index contributed by atoms with van der Waals surface area (Å²) in [6, 6.07) is 14.7. The largest absolute Gasteiger partial charge is 0.490 e. The van der Waals surface area contributed by atoms with Crippen molar-refractivity contribution in [3.05, 3.63) is 59.3 Å². The van der Waals surface area contributed by atoms with Crippen molar-refractivity contribution in [2.75, 3.05) is 6.61 Å². The van der Waals surface area contributed by atoms with Crippen LogP contribution in [0.25, 0.3) is 10.9 Å². The smallest absolute Gasteiger partial charge is 0.205 e. The van der Waals surface area contributed by atoms with Gasteiger partial charge in [-0.05, 0) is 39.0 Å². The maximum atomic E-state index is 13.0. The molecule has 1 heterocycles. The Kier molecular flexibility index (Phi) is 4.94. The molecule has 26 heavy (non-hydrogen) atoms. The van der Waals surface area contributed by atoms with Crippen molar-refractivity contribution >= 4 is 16.7 Å². The van der Waals surface area contributed by atoms with E-state index >= 15 is 0 Å². The number of H-pyrrole nitrogens is 1. The number of nitrogens with zero attached hydrogens (tertiary/aromatic N) is 1. The van der Waals surface area contributed by atoms with Crippen LogP contribution in [0.15, 0.2) is 42.5 Å². The van der Waals surface area contributed by atoms with E-state index in [1.54, 1.807) is 25.1 Å². The molecule has 3 rings (SSSR count). The zero-order valence-electron chi connectivity index (χ0n) is 15.0. The van der Waals surface area contributed by atoms with Gasteiger partial charge in [0.2, 0.25) is 5.78 Å². The molecule has 0 aliphatic heterocycles. The van der Waals surface area contributed by atoms with E-state index in [4.69, 9.17) is 14.7 Å². The van der Waals surface area contributed by atoms with Crippen LogP contribution in [-0.2, 0) is 0 Å². The minimum Gasteiger partial charge on any atom is -0.490 e. The SMILES string of the molecule is CCOc1cc(C#N)ccc1O[C@H](C)C(=O)c1c(C)[nH]c2ccccc12. The first-order valence-corrected chi connectivity index (χ1v) is 8.50. The molecule has 0 saturated heterocycles. The highest BCUT2D eigenvalue weighted by Gasteiger charge is 2.23. The lowest BCUT2D eigenvalue weighted by atomic mass is 10.0. The van der Waals surface area contributed by atoms with E-state index in [-0.39, 0.29) is 5.78 Å². The van der Waals surface area contributed by atoms with Crippen molar-refractivity contribution in [3.63, 3.8) is 0 Å². The molecule has 0 bridgehead atoms. The summed E-state index contributed by atoms with van der Waals surface area (Å²) in [5.41, 5.74) is 2.86. The summed E-state index contributed by atoms with van der Waals surface area (Å²) in [5.74, 6) is 0.804. The zero-order chi connectivity index (χ0) is 18.7. The summed E-state index contributed by atoms with van der Waals surface area (Å²) in [6.07, 6.45) is -0.694. The number of aromatic nitrogens is 1. The maximum Gasteiger partial charge on any atom is 0.205 e. The van der Waals surface area contributed by atoms with Crippen LogP contribution in [-0.4, -0.2) is 23.5 Å². The van der Waals surface area contributed by atoms with Gasteiger partial charge < -0.3 is 14.5 Å². The van der Waals surface area contributed by atoms with Crippen molar-refractivity contribution in [2.45, 2.75) is 26.9 Å². The molecule has 0 amide bonds. The summed E-state index contributed by atoms with van der Waals surface area (Å²) in [7, 11) is 0. The van der Waals surface area contributed by atoms with Crippen LogP contribution < -0.4 is 9.47 Å². The second kappa shape index (κ2) is 7.32. The van der Waals surface area contributed by atoms with Crippen LogP contribution in [0.3, 0.4) is 0 Å². The fourth-order valence-electron chi connectivity index (χ4n) is 2.98. The van der Waals surface area contributed by atoms with Gasteiger partial charge in [0.05, 0.1) is 18.2 Å². The fourth-order valence-corrected chi connectivity index (χ4v) is 2.98. The Bertz CT molecular complexity index is 998. The number of fused-ring (bicyclic) bond motifs is 1. The first kappa shape index (κ1) is 17.6. The Hall–Kier alpha value is -3.26. The van der Waals surface area contributed by atoms with Gasteiger partial charge >= 0.3 is 0 Å². The van der Waals surface area contributed by atoms with Crippen LogP contribution in [0.2, 0.25) is 0 Å². The first-order valence-electron chi connectivity index (χ1n) is 8.50. The number of carbonyl (C=O) groups is 1. The van der Waals surface area contributed by atoms with Gasteiger partial charge in [0.15, 0.2) is 17.6 Å². The predicted molar refractivity (Wildman–Crippen MR) is 99.8 cm³/mol. The summed E-state index contributed by atoms with van der Waals surface area (Å²) in [5, 5.41) is 9.93. The first-order chi connectivity index (χ1) is 12.5. The Labute approximate surface area is 152 Å². The third-order valence-electron chi connectivity index (χ3n) is 4.19. The zero-order valence-corrected chi connectivity index (χ0v) is 15.0. The summed E-state index contributed by atoms with van der Waals surface area (Å²) < 4.78 is 11.4. The quantitative estimate of drug-likeness (QED) is 0.670. The molecule has 0 saturated carbocycles. The van der Waals surface area contributed by atoms with Crippen molar-refractivity contribution in [2.24, 2.45) is 0 Å². The molecule has 2 aromatic carbocycles. The van der Waals surface area contributed by atoms with Crippen LogP contribution >= 0.6 is 0 Å². The summed E-state index contributed by atoms with van der Waals surface area (Å²) in [6.45, 7) is 5.90. The number of benzene rings is 2. The van der Waals surface area contributed by atoms with Crippen LogP contribution in [0, 0.1) is 18.3 Å². The molecule has 0 spiro atoms. The highest BCUT2D eigenvalue weighted by atomic mass is 16.5. The number of nitrogens with one attached hydrogen (secondary N) is 1. The van der Waals surface area contributed by atoms with Crippen molar-refractivity contribution in [1.82, 2.24) is 4.98 Å². The van der Waals surface area contributed by atoms with E-state index in [0.29, 0.717) is 29.2 Å². The molecule has 5 heteroatoms. The monoisotopic (exact) mass is 348 g/mol. The number of nitriles is 1. The Morgan fingerprint density at radius 2 is 2.00 bits per heavy atom. The third kappa shape index (κ3) is 3.27. The maximum absolute atomic E-state index is 13.0. The average molecular weight is 348 g/mol. The van der Waals surface area contributed by atoms with Gasteiger partial charge in [-0.1, -0.05) is 18.2 Å². The molecule has 0 radical (unpaired) electrons. The minimum atomic E-state index is -0.694. The molecule has 3 aromatic rings. The molecule has 1 aromatic heterocycles. The van der Waals surface area contributed by atoms with E-state index < -0.39 is 6.10 Å². The van der Waals surface area contributed by atoms with Gasteiger partial charge in [-0.3, -0.25) is 4.79 Å². The number of para-hydroxylation sites is 1. The van der Waals surface area contributed by atoms with Gasteiger partial charge in [0.1, 0.15) is 0 Å². The number of aromatic amines is 1. The van der Waals surface area contributed by atoms with E-state index in [1.165, 1.54) is 0 Å². The average Bonchev–Trinajstić information content (AvgIpc) is 2.98. The van der Waals surface area contributed by atoms with Crippen LogP contribution in [0.5, 0.6) is 11.5 Å². The standard InChI is InChI=1S/C21H20N2O3/c1-4-25-19-11-15(12-22)9-10-18(19)26-14(3)21(24)20-13(2)23-17-8-6-5-7-16(17)20/h5-11,14,23H,4H2,1-3H3/t14-/m1/s1. The Morgan fingerprint density at radius 3 is 2.73 bits per heavy atom. The molecule has 0 fully saturated rings. The molecule has 1 N–H and O–H groups in total. The molecular weight excluding hydrogens is 328 g/mol. The van der Waals surface area contributed by atoms with Crippen LogP contribution in [0.1, 0.15) is 35.5 Å². The van der Waals surface area contributed by atoms with Gasteiger partial charge in [-0.2, -0.15) is 5.26 Å². The van der Waals surface area contributed by atoms with Crippen molar-refractivity contribution in [3.8, 4) is 17.6 Å². The van der Waals surface area contributed by atoms with E-state index in [9.17, 15) is 4.79 Å². The van der Waals surface area contributed by atoms with Gasteiger partial charge in [-0.15, -0.1) is 0 Å². The van der Waals surface area contributed by atoms with Crippen molar-refractivity contribution < 1.29 is 14.3 Å². The van der Waals surface area contributed by atoms with Crippen LogP contribution in [0.4, 0.5) is 0 Å². The van der Waals surface area contributed by atoms with Gasteiger partial charge in [0.25, 0.3) is 0 Å². The lowest BCUT2D eigenvalue weighted by molar-refractivity contribution is 0.0814. The number of rotatable bonds is 6. The highest BCUT2D eigenvalue weighted by Crippen LogP contribution is 2.31. The number of hydrogen-bond donors (Lipinski definition) is 1. The van der Waals surface area contributed by atoms with Crippen molar-refractivity contribution in [1.29, 1.82) is 5.26 Å². The summed E-state index contributed by atoms with van der Waals surface area (Å²) in [4.78, 5) is 16.2. The van der Waals surface area contributed by atoms with E-state index in [0.717, 1.165) is 16.6 Å². The Morgan fingerprint density at radius 1 is 1.23 bits per heavy atom. The molecule has 1 atom stereocenters. The normalized spacial score (nSPS) is 11.8. The molecule has 0 aliphatic carbocycles. The second-order valence-corrected chi connectivity index (χ2v) is 6.00. The molecule has 0 aliphatic rings. The number of carbonyl (C=O) groups excluding carboxylic acids is 1. The van der Waals surface area contributed by atoms with E-state index in [1.807, 2.05) is 38.1 Å². The summed E-state index contributed by atoms with van der Waals surface area (Å²) >= 11 is 0. The predicted octanol–water partition coefficient (Wildman–Crippen LogP) is 4.40. The fraction of sp³-hybridized carbons (Fsp3) is 0.238. The van der Waals surface area contributed by atoms with Gasteiger partial charge in [-0.25, -0.2) is 0 Å². The molecule has 132 valence electrons. The molecule has 5 nitrogen and oxygen atoms in total. The minimum absolute atomic E-state index is 0.105. The number of aryl methyl sites for hydroxylation is 1. The Balaban J connectivity index is 1.90. The molecule has 0 unspecified atom stereocenters. The number of Topliss-reactive ketones (excluding diaryl/α,β-unsaturated/α-hetero) is 1. The topological polar surface area (TPSA) is 75.1 Å². The number of hydrogen-bond acceptors (Lipinski definition) is 4.